The first kappa shape index (κ1) is 8.05. The maximum atomic E-state index is 11.8. The molecule has 2 fully saturated rings. The molecule has 2 N–H and O–H groups in total. The number of likely N-dealkylation sites (tertiary alicyclic amines) is 1. The van der Waals surface area contributed by atoms with Crippen molar-refractivity contribution in [2.45, 2.75) is 12.0 Å². The minimum Gasteiger partial charge on any atom is -0.459 e. The van der Waals surface area contributed by atoms with E-state index in [4.69, 9.17) is 10.2 Å². The van der Waals surface area contributed by atoms with Gasteiger partial charge in [0, 0.05) is 18.6 Å². The first-order valence-electron chi connectivity index (χ1n) is 4.81. The summed E-state index contributed by atoms with van der Waals surface area (Å²) in [6.07, 6.45) is 2.58. The van der Waals surface area contributed by atoms with Crippen LogP contribution in [-0.2, 0) is 0 Å². The van der Waals surface area contributed by atoms with Crippen LogP contribution < -0.4 is 5.73 Å². The third-order valence-electron chi connectivity index (χ3n) is 3.22. The average molecular weight is 192 g/mol. The molecule has 0 spiro atoms. The molecule has 2 aliphatic rings. The van der Waals surface area contributed by atoms with E-state index in [-0.39, 0.29) is 11.4 Å². The zero-order valence-corrected chi connectivity index (χ0v) is 7.77. The number of nitrogens with zero attached hydrogens (tertiary/aromatic N) is 1. The summed E-state index contributed by atoms with van der Waals surface area (Å²) < 4.78 is 5.06. The number of piperidine rings is 1. The molecular formula is C10H12N2O2. The van der Waals surface area contributed by atoms with Gasteiger partial charge in [-0.1, -0.05) is 0 Å². The number of amides is 1. The molecule has 1 aromatic heterocycles. The zero-order valence-electron chi connectivity index (χ0n) is 7.77. The van der Waals surface area contributed by atoms with Crippen LogP contribution in [0.5, 0.6) is 0 Å². The van der Waals surface area contributed by atoms with Crippen LogP contribution in [0.15, 0.2) is 22.8 Å². The minimum absolute atomic E-state index is 0.0352. The normalized spacial score (nSPS) is 34.4. The maximum absolute atomic E-state index is 11.8. The minimum atomic E-state index is -0.0811. The Morgan fingerprint density at radius 1 is 1.71 bits per heavy atom. The van der Waals surface area contributed by atoms with Crippen molar-refractivity contribution in [1.29, 1.82) is 0 Å². The lowest BCUT2D eigenvalue weighted by Gasteiger charge is -2.17. The molecule has 74 valence electrons. The van der Waals surface area contributed by atoms with Gasteiger partial charge in [-0.2, -0.15) is 0 Å². The van der Waals surface area contributed by atoms with E-state index in [1.165, 1.54) is 6.26 Å². The zero-order chi connectivity index (χ0) is 9.76. The maximum Gasteiger partial charge on any atom is 0.289 e. The number of fused-ring (bicyclic) bond motifs is 1. The Balaban J connectivity index is 1.76. The van der Waals surface area contributed by atoms with Crippen molar-refractivity contribution in [2.24, 2.45) is 11.7 Å². The second-order valence-corrected chi connectivity index (χ2v) is 4.30. The monoisotopic (exact) mass is 192 g/mol. The van der Waals surface area contributed by atoms with E-state index in [9.17, 15) is 4.79 Å². The quantitative estimate of drug-likeness (QED) is 0.703. The fourth-order valence-corrected chi connectivity index (χ4v) is 2.24. The predicted molar refractivity (Wildman–Crippen MR) is 49.6 cm³/mol. The van der Waals surface area contributed by atoms with Crippen LogP contribution in [-0.4, -0.2) is 29.4 Å². The molecule has 14 heavy (non-hydrogen) atoms. The van der Waals surface area contributed by atoms with Gasteiger partial charge in [-0.05, 0) is 24.5 Å². The number of rotatable bonds is 1. The van der Waals surface area contributed by atoms with Crippen molar-refractivity contribution in [3.05, 3.63) is 24.2 Å². The molecule has 1 saturated heterocycles. The molecule has 2 heterocycles. The molecule has 1 aliphatic heterocycles. The van der Waals surface area contributed by atoms with E-state index >= 15 is 0 Å². The molecule has 2 atom stereocenters. The highest BCUT2D eigenvalue weighted by atomic mass is 16.3. The van der Waals surface area contributed by atoms with Crippen molar-refractivity contribution in [3.8, 4) is 0 Å². The van der Waals surface area contributed by atoms with Gasteiger partial charge in [0.05, 0.1) is 6.26 Å². The molecule has 1 amide bonds. The molecule has 4 nitrogen and oxygen atoms in total. The Morgan fingerprint density at radius 3 is 3.14 bits per heavy atom. The Bertz CT molecular complexity index is 373. The molecule has 1 aliphatic carbocycles. The van der Waals surface area contributed by atoms with Crippen LogP contribution in [0.3, 0.4) is 0 Å². The average Bonchev–Trinajstić information content (AvgIpc) is 2.64. The fraction of sp³-hybridized carbons (Fsp3) is 0.500. The molecule has 4 heteroatoms. The van der Waals surface area contributed by atoms with Gasteiger partial charge in [0.25, 0.3) is 5.91 Å². The molecule has 0 aromatic carbocycles. The molecule has 0 radical (unpaired) electrons. The van der Waals surface area contributed by atoms with E-state index in [1.54, 1.807) is 17.0 Å². The van der Waals surface area contributed by atoms with Crippen LogP contribution >= 0.6 is 0 Å². The topological polar surface area (TPSA) is 59.5 Å². The Hall–Kier alpha value is -1.29. The van der Waals surface area contributed by atoms with E-state index in [0.29, 0.717) is 18.2 Å². The molecular weight excluding hydrogens is 180 g/mol. The molecule has 1 aromatic rings. The van der Waals surface area contributed by atoms with Gasteiger partial charge in [0.2, 0.25) is 0 Å². The molecule has 1 saturated carbocycles. The van der Waals surface area contributed by atoms with Gasteiger partial charge >= 0.3 is 0 Å². The van der Waals surface area contributed by atoms with Crippen molar-refractivity contribution in [2.75, 3.05) is 13.1 Å². The van der Waals surface area contributed by atoms with Crippen LogP contribution in [0.25, 0.3) is 0 Å². The summed E-state index contributed by atoms with van der Waals surface area (Å²) in [5.74, 6) is 0.892. The summed E-state index contributed by atoms with van der Waals surface area (Å²) in [6, 6.07) is 3.41. The van der Waals surface area contributed by atoms with Crippen molar-refractivity contribution < 1.29 is 9.21 Å². The Kier molecular flexibility index (Phi) is 1.37. The van der Waals surface area contributed by atoms with E-state index < -0.39 is 0 Å². The smallest absolute Gasteiger partial charge is 0.289 e. The van der Waals surface area contributed by atoms with E-state index in [1.807, 2.05) is 0 Å². The Morgan fingerprint density at radius 2 is 2.57 bits per heavy atom. The summed E-state index contributed by atoms with van der Waals surface area (Å²) in [6.45, 7) is 1.47. The number of hydrogen-bond acceptors (Lipinski definition) is 3. The highest BCUT2D eigenvalue weighted by molar-refractivity contribution is 5.91. The molecule has 1 unspecified atom stereocenters. The Labute approximate surface area is 81.7 Å². The molecule has 0 bridgehead atoms. The van der Waals surface area contributed by atoms with Crippen LogP contribution in [0.2, 0.25) is 0 Å². The second kappa shape index (κ2) is 2.39. The second-order valence-electron chi connectivity index (χ2n) is 4.30. The molecule has 3 rings (SSSR count). The summed E-state index contributed by atoms with van der Waals surface area (Å²) in [5, 5.41) is 0. The van der Waals surface area contributed by atoms with Crippen molar-refractivity contribution in [1.82, 2.24) is 4.90 Å². The van der Waals surface area contributed by atoms with Gasteiger partial charge in [0.15, 0.2) is 5.76 Å². The number of nitrogens with two attached hydrogens (primary N) is 1. The first-order valence-corrected chi connectivity index (χ1v) is 4.81. The van der Waals surface area contributed by atoms with Crippen LogP contribution in [0.1, 0.15) is 17.0 Å². The summed E-state index contributed by atoms with van der Waals surface area (Å²) in [4.78, 5) is 13.6. The number of furan rings is 1. The lowest BCUT2D eigenvalue weighted by molar-refractivity contribution is 0.0741. The van der Waals surface area contributed by atoms with Gasteiger partial charge in [-0.25, -0.2) is 0 Å². The van der Waals surface area contributed by atoms with Gasteiger partial charge in [-0.15, -0.1) is 0 Å². The number of carbonyl (C=O) groups is 1. The highest BCUT2D eigenvalue weighted by Crippen LogP contribution is 2.47. The van der Waals surface area contributed by atoms with Gasteiger partial charge in [-0.3, -0.25) is 4.79 Å². The predicted octanol–water partition coefficient (Wildman–Crippen LogP) is 0.453. The van der Waals surface area contributed by atoms with Gasteiger partial charge < -0.3 is 15.1 Å². The van der Waals surface area contributed by atoms with Crippen LogP contribution in [0, 0.1) is 5.92 Å². The third kappa shape index (κ3) is 1.00. The van der Waals surface area contributed by atoms with E-state index in [0.717, 1.165) is 13.0 Å². The highest BCUT2D eigenvalue weighted by Gasteiger charge is 2.58. The largest absolute Gasteiger partial charge is 0.459 e. The van der Waals surface area contributed by atoms with E-state index in [2.05, 4.69) is 0 Å². The number of carbonyl (C=O) groups excluding carboxylic acids is 1. The number of hydrogen-bond donors (Lipinski definition) is 1. The first-order chi connectivity index (χ1) is 6.69. The lowest BCUT2D eigenvalue weighted by atomic mass is 10.3. The summed E-state index contributed by atoms with van der Waals surface area (Å²) in [5.41, 5.74) is 5.93. The fourth-order valence-electron chi connectivity index (χ4n) is 2.24. The van der Waals surface area contributed by atoms with Crippen LogP contribution in [0.4, 0.5) is 0 Å². The summed E-state index contributed by atoms with van der Waals surface area (Å²) >= 11 is 0. The standard InChI is InChI=1S/C10H12N2O2/c11-10-4-7(10)5-12(6-10)9(13)8-2-1-3-14-8/h1-3,7H,4-6,11H2/t7?,10-/m0/s1. The van der Waals surface area contributed by atoms with Crippen molar-refractivity contribution in [3.63, 3.8) is 0 Å². The third-order valence-corrected chi connectivity index (χ3v) is 3.22. The SMILES string of the molecule is N[C@]12CC1CN(C(=O)c1ccco1)C2. The van der Waals surface area contributed by atoms with Gasteiger partial charge in [0.1, 0.15) is 0 Å². The van der Waals surface area contributed by atoms with Crippen molar-refractivity contribution >= 4 is 5.91 Å². The lowest BCUT2D eigenvalue weighted by Crippen LogP contribution is -2.36. The summed E-state index contributed by atoms with van der Waals surface area (Å²) in [7, 11) is 0.